The summed E-state index contributed by atoms with van der Waals surface area (Å²) in [5.74, 6) is -1.44. The number of hydrogen-bond donors (Lipinski definition) is 3. The molecule has 0 saturated carbocycles. The van der Waals surface area contributed by atoms with E-state index in [1.165, 1.54) is 0 Å². The summed E-state index contributed by atoms with van der Waals surface area (Å²) in [5, 5.41) is 4.94. The number of nitrogens with one attached hydrogen (secondary N) is 2. The third-order valence-corrected chi connectivity index (χ3v) is 6.06. The third-order valence-electron chi connectivity index (χ3n) is 4.54. The van der Waals surface area contributed by atoms with Crippen LogP contribution in [0.2, 0.25) is 0 Å². The number of alkyl carbamates (subject to hydrolysis) is 1. The Hall–Kier alpha value is -2.05. The number of esters is 2. The Bertz CT molecular complexity index is 792. The van der Waals surface area contributed by atoms with Gasteiger partial charge in [-0.15, -0.1) is 0 Å². The van der Waals surface area contributed by atoms with Gasteiger partial charge >= 0.3 is 212 Å². The van der Waals surface area contributed by atoms with Gasteiger partial charge in [-0.2, -0.15) is 0 Å². The molecule has 0 radical (unpaired) electrons. The van der Waals surface area contributed by atoms with E-state index >= 15 is 0 Å². The Labute approximate surface area is 212 Å². The predicted molar refractivity (Wildman–Crippen MR) is 129 cm³/mol. The Morgan fingerprint density at radius 1 is 1.03 bits per heavy atom. The molecule has 1 fully saturated rings. The Morgan fingerprint density at radius 3 is 2.25 bits per heavy atom. The summed E-state index contributed by atoms with van der Waals surface area (Å²) in [6.45, 7) is 13.0. The molecule has 14 heteroatoms. The van der Waals surface area contributed by atoms with Crippen LogP contribution in [0.25, 0.3) is 0 Å². The molecule has 1 saturated heterocycles. The molecule has 210 valence electrons. The van der Waals surface area contributed by atoms with E-state index in [4.69, 9.17) is 27.8 Å². The summed E-state index contributed by atoms with van der Waals surface area (Å²) in [6.07, 6.45) is -2.07. The number of rotatable bonds is 10. The molecule has 0 aliphatic carbocycles. The molecule has 0 aromatic rings. The number of carbonyl (C=O) groups is 4. The van der Waals surface area contributed by atoms with E-state index in [1.54, 1.807) is 55.4 Å². The van der Waals surface area contributed by atoms with E-state index in [0.717, 1.165) is 0 Å². The first-order chi connectivity index (χ1) is 16.3. The van der Waals surface area contributed by atoms with Gasteiger partial charge in [0.05, 0.1) is 0 Å². The second-order valence-electron chi connectivity index (χ2n) is 10.9. The topological polar surface area (TPSA) is 168 Å². The van der Waals surface area contributed by atoms with E-state index in [-0.39, 0.29) is 32.7 Å². The summed E-state index contributed by atoms with van der Waals surface area (Å²) in [7, 11) is -4.31. The van der Waals surface area contributed by atoms with Crippen molar-refractivity contribution in [1.29, 1.82) is 0 Å². The molecule has 13 nitrogen and oxygen atoms in total. The van der Waals surface area contributed by atoms with Crippen LogP contribution in [-0.2, 0) is 42.2 Å². The zero-order chi connectivity index (χ0) is 27.8. The van der Waals surface area contributed by atoms with Gasteiger partial charge < -0.3 is 0 Å². The van der Waals surface area contributed by atoms with Crippen LogP contribution < -0.4 is 10.6 Å². The Balaban J connectivity index is 2.46. The van der Waals surface area contributed by atoms with Crippen LogP contribution >= 0.6 is 8.17 Å². The minimum absolute atomic E-state index is 0.00901. The Morgan fingerprint density at radius 2 is 1.67 bits per heavy atom. The maximum atomic E-state index is 12.7. The van der Waals surface area contributed by atoms with Gasteiger partial charge in [0.15, 0.2) is 0 Å². The first kappa shape index (κ1) is 32.0. The average molecular weight is 541 g/mol. The fourth-order valence-corrected chi connectivity index (χ4v) is 4.38. The Kier molecular flexibility index (Phi) is 11.5. The molecule has 1 atom stereocenters. The van der Waals surface area contributed by atoms with Gasteiger partial charge in [-0.25, -0.2) is 0 Å². The molecular formula is C22H41N2O11P. The van der Waals surface area contributed by atoms with Crippen molar-refractivity contribution in [2.75, 3.05) is 33.1 Å². The van der Waals surface area contributed by atoms with E-state index in [9.17, 15) is 24.1 Å². The third kappa shape index (κ3) is 11.8. The minimum atomic E-state index is -4.31. The van der Waals surface area contributed by atoms with E-state index in [2.05, 4.69) is 10.6 Å². The number of amides is 2. The summed E-state index contributed by atoms with van der Waals surface area (Å²) in [6, 6.07) is 0. The first-order valence-corrected chi connectivity index (χ1v) is 13.3. The zero-order valence-corrected chi connectivity index (χ0v) is 23.3. The summed E-state index contributed by atoms with van der Waals surface area (Å²) in [4.78, 5) is 58.5. The molecule has 0 spiro atoms. The molecule has 0 bridgehead atoms. The molecule has 1 aliphatic rings. The molecule has 0 unspecified atom stereocenters. The van der Waals surface area contributed by atoms with Crippen molar-refractivity contribution in [3.05, 3.63) is 0 Å². The van der Waals surface area contributed by atoms with Crippen molar-refractivity contribution in [1.82, 2.24) is 10.6 Å². The number of carbonyl (C=O) groups excluding carboxylic acids is 4. The normalized spacial score (nSPS) is 20.0. The average Bonchev–Trinajstić information content (AvgIpc) is 2.71. The SMILES string of the molecule is CC(C)(C)OC(=O)CCNC(=O)[C@@H]1O[PH](O)(OCOC(=O)NCCOC(=O)C(C)(C)C)OCC1(C)C. The van der Waals surface area contributed by atoms with Crippen LogP contribution in [0.1, 0.15) is 61.8 Å². The van der Waals surface area contributed by atoms with Crippen LogP contribution in [0.3, 0.4) is 0 Å². The van der Waals surface area contributed by atoms with Gasteiger partial charge in [0.2, 0.25) is 0 Å². The predicted octanol–water partition coefficient (Wildman–Crippen LogP) is 1.97. The molecular weight excluding hydrogens is 499 g/mol. The van der Waals surface area contributed by atoms with Gasteiger partial charge in [-0.1, -0.05) is 0 Å². The van der Waals surface area contributed by atoms with Gasteiger partial charge in [0, 0.05) is 0 Å². The van der Waals surface area contributed by atoms with E-state index in [0.29, 0.717) is 0 Å². The fraction of sp³-hybridized carbons (Fsp3) is 0.818. The van der Waals surface area contributed by atoms with E-state index in [1.807, 2.05) is 0 Å². The van der Waals surface area contributed by atoms with Crippen molar-refractivity contribution in [2.45, 2.75) is 73.5 Å². The second-order valence-corrected chi connectivity index (χ2v) is 12.8. The number of hydrogen-bond acceptors (Lipinski definition) is 11. The zero-order valence-electron chi connectivity index (χ0n) is 22.3. The van der Waals surface area contributed by atoms with Crippen LogP contribution in [-0.4, -0.2) is 73.6 Å². The molecule has 3 N–H and O–H groups in total. The standard InChI is InChI=1S/C22H41N2O11P/c1-20(2,3)18(27)30-12-11-24-19(28)31-14-33-36(29)32-13-22(7,8)16(35-36)17(26)23-10-9-15(25)34-21(4,5)6/h16,29,36H,9-14H2,1-8H3,(H,23,26)(H,24,28)/t16-/m0/s1. The second kappa shape index (κ2) is 13.0. The molecule has 1 aliphatic heterocycles. The molecule has 0 aromatic heterocycles. The summed E-state index contributed by atoms with van der Waals surface area (Å²) < 4.78 is 31.0. The van der Waals surface area contributed by atoms with Crippen molar-refractivity contribution < 1.29 is 51.9 Å². The maximum absolute atomic E-state index is 12.7. The summed E-state index contributed by atoms with van der Waals surface area (Å²) >= 11 is 0. The van der Waals surface area contributed by atoms with Gasteiger partial charge in [-0.3, -0.25) is 0 Å². The molecule has 1 heterocycles. The number of ether oxygens (including phenoxy) is 3. The molecule has 0 aromatic carbocycles. The first-order valence-electron chi connectivity index (χ1n) is 11.6. The van der Waals surface area contributed by atoms with Crippen LogP contribution in [0.4, 0.5) is 4.79 Å². The van der Waals surface area contributed by atoms with E-state index < -0.39 is 61.4 Å². The fourth-order valence-electron chi connectivity index (χ4n) is 2.67. The quantitative estimate of drug-likeness (QED) is 0.122. The molecule has 36 heavy (non-hydrogen) atoms. The van der Waals surface area contributed by atoms with Crippen LogP contribution in [0, 0.1) is 10.8 Å². The van der Waals surface area contributed by atoms with Crippen LogP contribution in [0.5, 0.6) is 0 Å². The van der Waals surface area contributed by atoms with Gasteiger partial charge in [0.1, 0.15) is 0 Å². The van der Waals surface area contributed by atoms with Crippen molar-refractivity contribution in [3.63, 3.8) is 0 Å². The van der Waals surface area contributed by atoms with Crippen LogP contribution in [0.15, 0.2) is 0 Å². The van der Waals surface area contributed by atoms with Crippen molar-refractivity contribution in [2.24, 2.45) is 10.8 Å². The molecule has 1 rings (SSSR count). The summed E-state index contributed by atoms with van der Waals surface area (Å²) in [5.41, 5.74) is -2.11. The van der Waals surface area contributed by atoms with Crippen molar-refractivity contribution >= 4 is 32.1 Å². The monoisotopic (exact) mass is 540 g/mol. The van der Waals surface area contributed by atoms with Crippen molar-refractivity contribution in [3.8, 4) is 0 Å². The van der Waals surface area contributed by atoms with Gasteiger partial charge in [-0.05, 0) is 0 Å². The van der Waals surface area contributed by atoms with Gasteiger partial charge in [0.25, 0.3) is 0 Å². The molecule has 2 amide bonds.